The number of amides is 2. The number of benzene rings is 3. The van der Waals surface area contributed by atoms with Gasteiger partial charge in [0.1, 0.15) is 12.6 Å². The van der Waals surface area contributed by atoms with Gasteiger partial charge in [-0.15, -0.1) is 0 Å². The summed E-state index contributed by atoms with van der Waals surface area (Å²) >= 11 is 6.13. The zero-order valence-corrected chi connectivity index (χ0v) is 24.4. The average molecular weight is 570 g/mol. The molecule has 0 heterocycles. The molecule has 1 unspecified atom stereocenters. The lowest BCUT2D eigenvalue weighted by molar-refractivity contribution is -0.140. The number of carbonyl (C=O) groups is 2. The number of anilines is 1. The molecule has 0 bridgehead atoms. The van der Waals surface area contributed by atoms with Crippen LogP contribution in [-0.4, -0.2) is 50.5 Å². The maximum Gasteiger partial charge on any atom is 0.244 e. The van der Waals surface area contributed by atoms with Crippen molar-refractivity contribution in [1.82, 2.24) is 10.2 Å². The van der Waals surface area contributed by atoms with Crippen LogP contribution >= 0.6 is 11.6 Å². The lowest BCUT2D eigenvalue weighted by Gasteiger charge is -2.33. The largest absolute Gasteiger partial charge is 0.354 e. The molecule has 0 aromatic heterocycles. The molecule has 0 fully saturated rings. The molecule has 2 amide bonds. The Morgan fingerprint density at radius 3 is 2.21 bits per heavy atom. The van der Waals surface area contributed by atoms with Crippen LogP contribution in [0, 0.1) is 12.8 Å². The highest BCUT2D eigenvalue weighted by Gasteiger charge is 2.33. The second-order valence-electron chi connectivity index (χ2n) is 10.1. The van der Waals surface area contributed by atoms with Crippen molar-refractivity contribution in [2.75, 3.05) is 23.7 Å². The van der Waals surface area contributed by atoms with Crippen LogP contribution in [0.25, 0.3) is 0 Å². The fourth-order valence-electron chi connectivity index (χ4n) is 4.23. The highest BCUT2D eigenvalue weighted by Crippen LogP contribution is 2.23. The van der Waals surface area contributed by atoms with Crippen molar-refractivity contribution < 1.29 is 18.0 Å². The summed E-state index contributed by atoms with van der Waals surface area (Å²) in [5, 5.41) is 3.32. The van der Waals surface area contributed by atoms with E-state index in [2.05, 4.69) is 5.32 Å². The third-order valence-corrected chi connectivity index (χ3v) is 7.54. The Kier molecular flexibility index (Phi) is 10.5. The summed E-state index contributed by atoms with van der Waals surface area (Å²) in [6.45, 7) is 6.06. The molecule has 0 saturated heterocycles. The van der Waals surface area contributed by atoms with E-state index in [0.29, 0.717) is 11.6 Å². The van der Waals surface area contributed by atoms with E-state index in [9.17, 15) is 18.0 Å². The van der Waals surface area contributed by atoms with Crippen LogP contribution in [0.5, 0.6) is 0 Å². The molecule has 0 aliphatic heterocycles. The molecule has 208 valence electrons. The molecule has 3 aromatic rings. The Labute approximate surface area is 236 Å². The van der Waals surface area contributed by atoms with Crippen LogP contribution in [0.15, 0.2) is 78.9 Å². The van der Waals surface area contributed by atoms with Crippen molar-refractivity contribution in [3.05, 3.63) is 101 Å². The van der Waals surface area contributed by atoms with Crippen LogP contribution in [0.1, 0.15) is 30.5 Å². The number of hydrogen-bond acceptors (Lipinski definition) is 4. The topological polar surface area (TPSA) is 86.8 Å². The van der Waals surface area contributed by atoms with Crippen LogP contribution in [0.3, 0.4) is 0 Å². The Balaban J connectivity index is 2.05. The first-order valence-corrected chi connectivity index (χ1v) is 15.1. The van der Waals surface area contributed by atoms with Gasteiger partial charge >= 0.3 is 0 Å². The van der Waals surface area contributed by atoms with Crippen molar-refractivity contribution in [3.8, 4) is 0 Å². The molecule has 0 aliphatic carbocycles. The zero-order valence-electron chi connectivity index (χ0n) is 22.8. The van der Waals surface area contributed by atoms with Gasteiger partial charge in [-0.1, -0.05) is 91.7 Å². The lowest BCUT2D eigenvalue weighted by Crippen LogP contribution is -2.53. The predicted molar refractivity (Wildman–Crippen MR) is 157 cm³/mol. The smallest absolute Gasteiger partial charge is 0.244 e. The molecule has 3 aromatic carbocycles. The molecule has 0 radical (unpaired) electrons. The van der Waals surface area contributed by atoms with Gasteiger partial charge < -0.3 is 10.2 Å². The third-order valence-electron chi connectivity index (χ3n) is 6.17. The number of sulfonamides is 1. The third kappa shape index (κ3) is 9.11. The summed E-state index contributed by atoms with van der Waals surface area (Å²) < 4.78 is 26.6. The molecule has 0 spiro atoms. The van der Waals surface area contributed by atoms with Gasteiger partial charge in [0.2, 0.25) is 21.8 Å². The average Bonchev–Trinajstić information content (AvgIpc) is 2.87. The zero-order chi connectivity index (χ0) is 28.6. The molecule has 3 rings (SSSR count). The number of carbonyl (C=O) groups excluding carboxylic acids is 2. The first kappa shape index (κ1) is 30.2. The molecule has 1 atom stereocenters. The summed E-state index contributed by atoms with van der Waals surface area (Å²) in [6.07, 6.45) is 1.32. The summed E-state index contributed by atoms with van der Waals surface area (Å²) in [7, 11) is -3.84. The number of nitrogens with one attached hydrogen (secondary N) is 1. The number of aryl methyl sites for hydroxylation is 1. The standard InChI is InChI=1S/C30H36ClN3O4S/c1-22(2)19-32-30(36)28(17-24-11-6-5-7-12-24)33(20-25-13-8-10-23(3)16-25)29(35)21-34(39(4,37)38)27-15-9-14-26(31)18-27/h5-16,18,22,28H,17,19-21H2,1-4H3,(H,32,36). The highest BCUT2D eigenvalue weighted by molar-refractivity contribution is 7.92. The van der Waals surface area contributed by atoms with Crippen molar-refractivity contribution in [1.29, 1.82) is 0 Å². The summed E-state index contributed by atoms with van der Waals surface area (Å²) in [4.78, 5) is 29.1. The van der Waals surface area contributed by atoms with E-state index in [1.54, 1.807) is 18.2 Å². The normalized spacial score (nSPS) is 12.2. The van der Waals surface area contributed by atoms with Crippen LogP contribution in [0.4, 0.5) is 5.69 Å². The van der Waals surface area contributed by atoms with Crippen molar-refractivity contribution in [3.63, 3.8) is 0 Å². The van der Waals surface area contributed by atoms with E-state index in [1.165, 1.54) is 11.0 Å². The van der Waals surface area contributed by atoms with E-state index in [4.69, 9.17) is 11.6 Å². The highest BCUT2D eigenvalue weighted by atomic mass is 35.5. The van der Waals surface area contributed by atoms with Gasteiger partial charge in [-0.05, 0) is 42.2 Å². The number of hydrogen-bond donors (Lipinski definition) is 1. The minimum Gasteiger partial charge on any atom is -0.354 e. The first-order valence-electron chi connectivity index (χ1n) is 12.8. The molecular formula is C30H36ClN3O4S. The summed E-state index contributed by atoms with van der Waals surface area (Å²) in [5.74, 6) is -0.569. The van der Waals surface area contributed by atoms with Crippen LogP contribution in [-0.2, 0) is 32.6 Å². The first-order chi connectivity index (χ1) is 18.4. The van der Waals surface area contributed by atoms with Gasteiger partial charge in [-0.2, -0.15) is 0 Å². The van der Waals surface area contributed by atoms with Gasteiger partial charge in [0.25, 0.3) is 0 Å². The Morgan fingerprint density at radius 2 is 1.59 bits per heavy atom. The maximum absolute atomic E-state index is 14.0. The van der Waals surface area contributed by atoms with E-state index in [1.807, 2.05) is 75.4 Å². The molecule has 9 heteroatoms. The Morgan fingerprint density at radius 1 is 0.923 bits per heavy atom. The fourth-order valence-corrected chi connectivity index (χ4v) is 5.25. The second-order valence-corrected chi connectivity index (χ2v) is 12.4. The Bertz CT molecular complexity index is 1380. The van der Waals surface area contributed by atoms with Gasteiger partial charge in [0, 0.05) is 24.5 Å². The number of rotatable bonds is 12. The van der Waals surface area contributed by atoms with Crippen LogP contribution in [0.2, 0.25) is 5.02 Å². The van der Waals surface area contributed by atoms with E-state index in [0.717, 1.165) is 27.3 Å². The Hall–Kier alpha value is -3.36. The summed E-state index contributed by atoms with van der Waals surface area (Å²) in [6, 6.07) is 22.7. The summed E-state index contributed by atoms with van der Waals surface area (Å²) in [5.41, 5.74) is 3.02. The minimum atomic E-state index is -3.84. The molecule has 0 saturated carbocycles. The van der Waals surface area contributed by atoms with Crippen molar-refractivity contribution >= 4 is 39.1 Å². The molecular weight excluding hydrogens is 534 g/mol. The van der Waals surface area contributed by atoms with Crippen LogP contribution < -0.4 is 9.62 Å². The van der Waals surface area contributed by atoms with Gasteiger partial charge in [-0.3, -0.25) is 13.9 Å². The second kappa shape index (κ2) is 13.6. The SMILES string of the molecule is Cc1cccc(CN(C(=O)CN(c2cccc(Cl)c2)S(C)(=O)=O)C(Cc2ccccc2)C(=O)NCC(C)C)c1. The van der Waals surface area contributed by atoms with Gasteiger partial charge in [0.05, 0.1) is 11.9 Å². The molecule has 39 heavy (non-hydrogen) atoms. The predicted octanol–water partition coefficient (Wildman–Crippen LogP) is 4.83. The fraction of sp³-hybridized carbons (Fsp3) is 0.333. The van der Waals surface area contributed by atoms with Gasteiger partial charge in [0.15, 0.2) is 0 Å². The number of halogens is 1. The van der Waals surface area contributed by atoms with E-state index in [-0.39, 0.29) is 30.5 Å². The maximum atomic E-state index is 14.0. The number of nitrogens with zero attached hydrogens (tertiary/aromatic N) is 2. The minimum absolute atomic E-state index is 0.139. The van der Waals surface area contributed by atoms with Crippen molar-refractivity contribution in [2.45, 2.75) is 39.8 Å². The lowest BCUT2D eigenvalue weighted by atomic mass is 10.0. The molecule has 0 aliphatic rings. The van der Waals surface area contributed by atoms with Gasteiger partial charge in [-0.25, -0.2) is 8.42 Å². The monoisotopic (exact) mass is 569 g/mol. The quantitative estimate of drug-likeness (QED) is 0.338. The van der Waals surface area contributed by atoms with E-state index < -0.39 is 28.5 Å². The molecule has 1 N–H and O–H groups in total. The molecule has 7 nitrogen and oxygen atoms in total. The van der Waals surface area contributed by atoms with Crippen molar-refractivity contribution in [2.24, 2.45) is 5.92 Å². The van der Waals surface area contributed by atoms with E-state index >= 15 is 0 Å².